The standard InChI is InChI=1S/C19H30N2O2/c1-14(2)8-10-23-18-11-15(3)6-7-16(18)13-21-19(22)17-5-4-9-20-12-17/h6-7,11,14,17,20H,4-5,8-10,12-13H2,1-3H3,(H,21,22). The quantitative estimate of drug-likeness (QED) is 0.812. The maximum absolute atomic E-state index is 12.3. The van der Waals surface area contributed by atoms with Crippen molar-refractivity contribution in [1.29, 1.82) is 0 Å². The maximum Gasteiger partial charge on any atom is 0.224 e. The van der Waals surface area contributed by atoms with Gasteiger partial charge in [-0.15, -0.1) is 0 Å². The van der Waals surface area contributed by atoms with Crippen LogP contribution < -0.4 is 15.4 Å². The summed E-state index contributed by atoms with van der Waals surface area (Å²) in [6, 6.07) is 6.18. The van der Waals surface area contributed by atoms with Crippen LogP contribution in [0.5, 0.6) is 5.75 Å². The number of hydrogen-bond acceptors (Lipinski definition) is 3. The Kier molecular flexibility index (Phi) is 6.90. The fourth-order valence-electron chi connectivity index (χ4n) is 2.75. The molecule has 1 aromatic carbocycles. The smallest absolute Gasteiger partial charge is 0.224 e. The van der Waals surface area contributed by atoms with Crippen molar-refractivity contribution in [3.05, 3.63) is 29.3 Å². The third-order valence-corrected chi connectivity index (χ3v) is 4.30. The zero-order chi connectivity index (χ0) is 16.7. The molecule has 23 heavy (non-hydrogen) atoms. The van der Waals surface area contributed by atoms with Gasteiger partial charge >= 0.3 is 0 Å². The molecule has 1 unspecified atom stereocenters. The fraction of sp³-hybridized carbons (Fsp3) is 0.632. The second kappa shape index (κ2) is 8.92. The lowest BCUT2D eigenvalue weighted by Gasteiger charge is -2.22. The molecule has 1 saturated heterocycles. The van der Waals surface area contributed by atoms with Crippen LogP contribution in [0.15, 0.2) is 18.2 Å². The molecule has 2 N–H and O–H groups in total. The van der Waals surface area contributed by atoms with E-state index in [0.29, 0.717) is 19.1 Å². The lowest BCUT2D eigenvalue weighted by molar-refractivity contribution is -0.125. The molecule has 0 spiro atoms. The van der Waals surface area contributed by atoms with E-state index >= 15 is 0 Å². The largest absolute Gasteiger partial charge is 0.493 e. The van der Waals surface area contributed by atoms with E-state index in [2.05, 4.69) is 49.6 Å². The average molecular weight is 318 g/mol. The summed E-state index contributed by atoms with van der Waals surface area (Å²) in [5.41, 5.74) is 2.23. The first kappa shape index (κ1) is 17.8. The van der Waals surface area contributed by atoms with E-state index < -0.39 is 0 Å². The summed E-state index contributed by atoms with van der Waals surface area (Å²) < 4.78 is 5.94. The molecule has 128 valence electrons. The number of hydrogen-bond donors (Lipinski definition) is 2. The Morgan fingerprint density at radius 2 is 2.26 bits per heavy atom. The Morgan fingerprint density at radius 1 is 1.43 bits per heavy atom. The second-order valence-electron chi connectivity index (χ2n) is 6.90. The number of ether oxygens (including phenoxy) is 1. The van der Waals surface area contributed by atoms with E-state index in [4.69, 9.17) is 4.74 Å². The fourth-order valence-corrected chi connectivity index (χ4v) is 2.75. The summed E-state index contributed by atoms with van der Waals surface area (Å²) in [4.78, 5) is 12.3. The minimum Gasteiger partial charge on any atom is -0.493 e. The van der Waals surface area contributed by atoms with E-state index in [0.717, 1.165) is 43.7 Å². The van der Waals surface area contributed by atoms with Gasteiger partial charge in [-0.3, -0.25) is 4.79 Å². The van der Waals surface area contributed by atoms with Crippen LogP contribution in [0.25, 0.3) is 0 Å². The van der Waals surface area contributed by atoms with Crippen molar-refractivity contribution in [3.8, 4) is 5.75 Å². The van der Waals surface area contributed by atoms with Gasteiger partial charge in [0.2, 0.25) is 5.91 Å². The van der Waals surface area contributed by atoms with Gasteiger partial charge in [0.1, 0.15) is 5.75 Å². The summed E-state index contributed by atoms with van der Waals surface area (Å²) in [6.45, 7) is 9.51. The number of amides is 1. The summed E-state index contributed by atoms with van der Waals surface area (Å²) in [7, 11) is 0. The Balaban J connectivity index is 1.91. The van der Waals surface area contributed by atoms with Crippen LogP contribution in [-0.2, 0) is 11.3 Å². The molecule has 1 fully saturated rings. The highest BCUT2D eigenvalue weighted by Gasteiger charge is 2.20. The molecule has 4 nitrogen and oxygen atoms in total. The normalized spacial score (nSPS) is 18.0. The number of nitrogens with one attached hydrogen (secondary N) is 2. The molecule has 1 aliphatic rings. The van der Waals surface area contributed by atoms with E-state index in [1.54, 1.807) is 0 Å². The molecule has 2 rings (SSSR count). The molecule has 1 aromatic rings. The highest BCUT2D eigenvalue weighted by Crippen LogP contribution is 2.21. The molecule has 0 radical (unpaired) electrons. The van der Waals surface area contributed by atoms with Gasteiger partial charge in [-0.25, -0.2) is 0 Å². The van der Waals surface area contributed by atoms with Crippen molar-refractivity contribution >= 4 is 5.91 Å². The Morgan fingerprint density at radius 3 is 2.96 bits per heavy atom. The molecule has 1 amide bonds. The molecule has 0 aliphatic carbocycles. The van der Waals surface area contributed by atoms with Crippen LogP contribution in [0, 0.1) is 18.8 Å². The van der Waals surface area contributed by atoms with Gasteiger partial charge in [-0.2, -0.15) is 0 Å². The summed E-state index contributed by atoms with van der Waals surface area (Å²) >= 11 is 0. The third-order valence-electron chi connectivity index (χ3n) is 4.30. The van der Waals surface area contributed by atoms with Crippen LogP contribution >= 0.6 is 0 Å². The van der Waals surface area contributed by atoms with Gasteiger partial charge in [0.05, 0.1) is 12.5 Å². The van der Waals surface area contributed by atoms with Crippen molar-refractivity contribution in [2.24, 2.45) is 11.8 Å². The number of piperidine rings is 1. The number of aryl methyl sites for hydroxylation is 1. The molecule has 0 aromatic heterocycles. The van der Waals surface area contributed by atoms with Gasteiger partial charge in [-0.05, 0) is 50.3 Å². The van der Waals surface area contributed by atoms with Gasteiger partial charge < -0.3 is 15.4 Å². The molecule has 1 atom stereocenters. The molecule has 1 aliphatic heterocycles. The van der Waals surface area contributed by atoms with Gasteiger partial charge in [0.15, 0.2) is 0 Å². The predicted molar refractivity (Wildman–Crippen MR) is 93.6 cm³/mol. The van der Waals surface area contributed by atoms with E-state index in [9.17, 15) is 4.79 Å². The lowest BCUT2D eigenvalue weighted by atomic mass is 9.99. The van der Waals surface area contributed by atoms with Crippen LogP contribution in [0.2, 0.25) is 0 Å². The second-order valence-corrected chi connectivity index (χ2v) is 6.90. The van der Waals surface area contributed by atoms with Crippen molar-refractivity contribution in [2.45, 2.75) is 46.6 Å². The van der Waals surface area contributed by atoms with Crippen LogP contribution in [-0.4, -0.2) is 25.6 Å². The SMILES string of the molecule is Cc1ccc(CNC(=O)C2CCCNC2)c(OCCC(C)C)c1. The van der Waals surface area contributed by atoms with Crippen LogP contribution in [0.3, 0.4) is 0 Å². The monoisotopic (exact) mass is 318 g/mol. The van der Waals surface area contributed by atoms with Crippen LogP contribution in [0.1, 0.15) is 44.2 Å². The zero-order valence-electron chi connectivity index (χ0n) is 14.7. The molecule has 0 bridgehead atoms. The molecule has 0 saturated carbocycles. The first-order chi connectivity index (χ1) is 11.1. The van der Waals surface area contributed by atoms with Crippen LogP contribution in [0.4, 0.5) is 0 Å². The first-order valence-electron chi connectivity index (χ1n) is 8.77. The highest BCUT2D eigenvalue weighted by atomic mass is 16.5. The first-order valence-corrected chi connectivity index (χ1v) is 8.77. The average Bonchev–Trinajstić information content (AvgIpc) is 2.54. The minimum absolute atomic E-state index is 0.0968. The summed E-state index contributed by atoms with van der Waals surface area (Å²) in [6.07, 6.45) is 3.09. The Bertz CT molecular complexity index is 508. The van der Waals surface area contributed by atoms with Crippen molar-refractivity contribution in [2.75, 3.05) is 19.7 Å². The van der Waals surface area contributed by atoms with Gasteiger partial charge in [0, 0.05) is 18.7 Å². The van der Waals surface area contributed by atoms with Crippen molar-refractivity contribution < 1.29 is 9.53 Å². The Hall–Kier alpha value is -1.55. The number of carbonyl (C=O) groups is 1. The lowest BCUT2D eigenvalue weighted by Crippen LogP contribution is -2.40. The summed E-state index contributed by atoms with van der Waals surface area (Å²) in [5.74, 6) is 1.76. The maximum atomic E-state index is 12.3. The van der Waals surface area contributed by atoms with Crippen molar-refractivity contribution in [3.63, 3.8) is 0 Å². The highest BCUT2D eigenvalue weighted by molar-refractivity contribution is 5.79. The molecular formula is C19H30N2O2. The van der Waals surface area contributed by atoms with Gasteiger partial charge in [0.25, 0.3) is 0 Å². The summed E-state index contributed by atoms with van der Waals surface area (Å²) in [5, 5.41) is 6.35. The van der Waals surface area contributed by atoms with E-state index in [1.165, 1.54) is 5.56 Å². The Labute approximate surface area is 140 Å². The molecular weight excluding hydrogens is 288 g/mol. The minimum atomic E-state index is 0.0968. The number of rotatable bonds is 7. The molecule has 1 heterocycles. The number of carbonyl (C=O) groups excluding carboxylic acids is 1. The topological polar surface area (TPSA) is 50.4 Å². The van der Waals surface area contributed by atoms with E-state index in [-0.39, 0.29) is 11.8 Å². The van der Waals surface area contributed by atoms with E-state index in [1.807, 2.05) is 0 Å². The zero-order valence-corrected chi connectivity index (χ0v) is 14.7. The number of benzene rings is 1. The third kappa shape index (κ3) is 5.87. The predicted octanol–water partition coefficient (Wildman–Crippen LogP) is 3.04. The van der Waals surface area contributed by atoms with Gasteiger partial charge in [-0.1, -0.05) is 26.0 Å². The molecule has 4 heteroatoms. The van der Waals surface area contributed by atoms with Crippen molar-refractivity contribution in [1.82, 2.24) is 10.6 Å².